The summed E-state index contributed by atoms with van der Waals surface area (Å²) in [6.07, 6.45) is 1.22. The minimum atomic E-state index is -0.475. The number of hydrazone groups is 1. The van der Waals surface area contributed by atoms with Crippen LogP contribution in [-0.4, -0.2) is 18.7 Å². The van der Waals surface area contributed by atoms with Gasteiger partial charge in [0.2, 0.25) is 0 Å². The fourth-order valence-corrected chi connectivity index (χ4v) is 1.56. The third-order valence-electron chi connectivity index (χ3n) is 2.65. The van der Waals surface area contributed by atoms with Crippen molar-refractivity contribution >= 4 is 12.1 Å². The molecule has 5 nitrogen and oxygen atoms in total. The lowest BCUT2D eigenvalue weighted by atomic mass is 10.2. The van der Waals surface area contributed by atoms with Crippen molar-refractivity contribution in [2.45, 2.75) is 0 Å². The summed E-state index contributed by atoms with van der Waals surface area (Å²) in [6, 6.07) is 14.4. The molecule has 0 saturated carbocycles. The first-order valence-electron chi connectivity index (χ1n) is 6.38. The minimum Gasteiger partial charge on any atom is -0.484 e. The largest absolute Gasteiger partial charge is 0.484 e. The number of hydrogen-bond acceptors (Lipinski definition) is 4. The fraction of sp³-hybridized carbons (Fsp3) is 0.0625. The van der Waals surface area contributed by atoms with Crippen LogP contribution in [0.25, 0.3) is 0 Å². The molecule has 2 aromatic rings. The summed E-state index contributed by atoms with van der Waals surface area (Å²) in [5, 5.41) is 12.3. The number of benzene rings is 2. The molecular formula is C16H12FN3O2. The van der Waals surface area contributed by atoms with E-state index in [0.717, 1.165) is 0 Å². The van der Waals surface area contributed by atoms with Gasteiger partial charge < -0.3 is 4.74 Å². The van der Waals surface area contributed by atoms with E-state index in [1.807, 2.05) is 6.07 Å². The maximum Gasteiger partial charge on any atom is 0.277 e. The summed E-state index contributed by atoms with van der Waals surface area (Å²) in [6.45, 7) is -0.236. The predicted octanol–water partition coefficient (Wildman–Crippen LogP) is 2.23. The van der Waals surface area contributed by atoms with Crippen molar-refractivity contribution in [2.24, 2.45) is 5.10 Å². The van der Waals surface area contributed by atoms with E-state index in [1.54, 1.807) is 36.4 Å². The number of nitrogens with zero attached hydrogens (tertiary/aromatic N) is 2. The van der Waals surface area contributed by atoms with Gasteiger partial charge in [0.1, 0.15) is 11.6 Å². The van der Waals surface area contributed by atoms with Gasteiger partial charge in [0, 0.05) is 5.56 Å². The Morgan fingerprint density at radius 1 is 1.27 bits per heavy atom. The second-order valence-electron chi connectivity index (χ2n) is 4.24. The van der Waals surface area contributed by atoms with E-state index >= 15 is 0 Å². The van der Waals surface area contributed by atoms with Crippen LogP contribution in [0, 0.1) is 17.1 Å². The highest BCUT2D eigenvalue weighted by Gasteiger charge is 2.02. The van der Waals surface area contributed by atoms with Crippen LogP contribution in [0.1, 0.15) is 11.1 Å². The van der Waals surface area contributed by atoms with Gasteiger partial charge in [-0.25, -0.2) is 9.82 Å². The molecule has 0 bridgehead atoms. The molecule has 0 fully saturated rings. The molecule has 22 heavy (non-hydrogen) atoms. The molecule has 0 aliphatic carbocycles. The van der Waals surface area contributed by atoms with Crippen LogP contribution < -0.4 is 10.2 Å². The Labute approximate surface area is 126 Å². The van der Waals surface area contributed by atoms with Crippen LogP contribution in [0.3, 0.4) is 0 Å². The molecule has 110 valence electrons. The van der Waals surface area contributed by atoms with Crippen molar-refractivity contribution in [1.82, 2.24) is 5.43 Å². The van der Waals surface area contributed by atoms with Gasteiger partial charge in [-0.1, -0.05) is 18.2 Å². The average Bonchev–Trinajstić information content (AvgIpc) is 2.55. The van der Waals surface area contributed by atoms with E-state index in [4.69, 9.17) is 10.00 Å². The molecule has 6 heteroatoms. The molecule has 0 saturated heterocycles. The lowest BCUT2D eigenvalue weighted by Crippen LogP contribution is -2.24. The molecule has 0 aliphatic rings. The molecule has 0 radical (unpaired) electrons. The highest BCUT2D eigenvalue weighted by molar-refractivity contribution is 5.83. The Hall–Kier alpha value is -3.20. The summed E-state index contributed by atoms with van der Waals surface area (Å²) in [5.41, 5.74) is 3.02. The van der Waals surface area contributed by atoms with Gasteiger partial charge in [-0.05, 0) is 30.3 Å². The van der Waals surface area contributed by atoms with Gasteiger partial charge in [-0.2, -0.15) is 10.4 Å². The van der Waals surface area contributed by atoms with Crippen LogP contribution in [0.4, 0.5) is 4.39 Å². The smallest absolute Gasteiger partial charge is 0.277 e. The SMILES string of the molecule is N#Cc1ccc(OCC(=O)N/N=C\c2ccccc2F)cc1. The zero-order valence-corrected chi connectivity index (χ0v) is 11.5. The Morgan fingerprint density at radius 3 is 2.68 bits per heavy atom. The van der Waals surface area contributed by atoms with Gasteiger partial charge in [-0.15, -0.1) is 0 Å². The number of nitrogens with one attached hydrogen (secondary N) is 1. The number of rotatable bonds is 5. The van der Waals surface area contributed by atoms with E-state index in [-0.39, 0.29) is 12.2 Å². The molecule has 2 rings (SSSR count). The van der Waals surface area contributed by atoms with E-state index < -0.39 is 11.7 Å². The molecule has 0 heterocycles. The first kappa shape index (κ1) is 15.2. The summed E-state index contributed by atoms with van der Waals surface area (Å²) < 4.78 is 18.5. The average molecular weight is 297 g/mol. The van der Waals surface area contributed by atoms with E-state index in [0.29, 0.717) is 11.3 Å². The van der Waals surface area contributed by atoms with Crippen molar-refractivity contribution in [3.05, 3.63) is 65.5 Å². The Morgan fingerprint density at radius 2 is 2.00 bits per heavy atom. The number of amides is 1. The molecule has 0 atom stereocenters. The molecule has 0 aromatic heterocycles. The number of ether oxygens (including phenoxy) is 1. The van der Waals surface area contributed by atoms with Gasteiger partial charge in [0.25, 0.3) is 5.91 Å². The number of nitriles is 1. The second kappa shape index (κ2) is 7.55. The third-order valence-corrected chi connectivity index (χ3v) is 2.65. The quantitative estimate of drug-likeness (QED) is 0.679. The topological polar surface area (TPSA) is 74.5 Å². The molecule has 1 N–H and O–H groups in total. The molecule has 0 spiro atoms. The summed E-state index contributed by atoms with van der Waals surface area (Å²) in [4.78, 5) is 11.5. The van der Waals surface area contributed by atoms with Gasteiger partial charge in [0.15, 0.2) is 6.61 Å². The van der Waals surface area contributed by atoms with Crippen molar-refractivity contribution in [2.75, 3.05) is 6.61 Å². The Bertz CT molecular complexity index is 721. The summed E-state index contributed by atoms with van der Waals surface area (Å²) in [5.74, 6) is -0.432. The molecule has 1 amide bonds. The van der Waals surface area contributed by atoms with Crippen molar-refractivity contribution in [1.29, 1.82) is 5.26 Å². The normalized spacial score (nSPS) is 10.2. The zero-order valence-electron chi connectivity index (χ0n) is 11.5. The van der Waals surface area contributed by atoms with Crippen LogP contribution in [0.5, 0.6) is 5.75 Å². The van der Waals surface area contributed by atoms with Crippen LogP contribution in [0.2, 0.25) is 0 Å². The number of carbonyl (C=O) groups excluding carboxylic acids is 1. The highest BCUT2D eigenvalue weighted by Crippen LogP contribution is 2.11. The van der Waals surface area contributed by atoms with Crippen LogP contribution in [-0.2, 0) is 4.79 Å². The van der Waals surface area contributed by atoms with E-state index in [1.165, 1.54) is 18.3 Å². The number of carbonyl (C=O) groups is 1. The number of hydrogen-bond donors (Lipinski definition) is 1. The van der Waals surface area contributed by atoms with E-state index in [9.17, 15) is 9.18 Å². The maximum atomic E-state index is 13.3. The summed E-state index contributed by atoms with van der Waals surface area (Å²) >= 11 is 0. The second-order valence-corrected chi connectivity index (χ2v) is 4.24. The maximum absolute atomic E-state index is 13.3. The minimum absolute atomic E-state index is 0.236. The predicted molar refractivity (Wildman–Crippen MR) is 78.8 cm³/mol. The third kappa shape index (κ3) is 4.42. The molecule has 2 aromatic carbocycles. The molecule has 0 unspecified atom stereocenters. The molecule has 0 aliphatic heterocycles. The zero-order chi connectivity index (χ0) is 15.8. The first-order valence-corrected chi connectivity index (χ1v) is 6.38. The monoisotopic (exact) mass is 297 g/mol. The summed E-state index contributed by atoms with van der Waals surface area (Å²) in [7, 11) is 0. The lowest BCUT2D eigenvalue weighted by Gasteiger charge is -2.04. The lowest BCUT2D eigenvalue weighted by molar-refractivity contribution is -0.123. The van der Waals surface area contributed by atoms with Crippen LogP contribution in [0.15, 0.2) is 53.6 Å². The van der Waals surface area contributed by atoms with Gasteiger partial charge in [-0.3, -0.25) is 4.79 Å². The van der Waals surface area contributed by atoms with Crippen molar-refractivity contribution in [3.63, 3.8) is 0 Å². The standard InChI is InChI=1S/C16H12FN3O2/c17-15-4-2-1-3-13(15)10-19-20-16(21)11-22-14-7-5-12(9-18)6-8-14/h1-8,10H,11H2,(H,20,21)/b19-10-. The first-order chi connectivity index (χ1) is 10.7. The van der Waals surface area contributed by atoms with Gasteiger partial charge >= 0.3 is 0 Å². The molecular weight excluding hydrogens is 285 g/mol. The van der Waals surface area contributed by atoms with Gasteiger partial charge in [0.05, 0.1) is 17.8 Å². The van der Waals surface area contributed by atoms with E-state index in [2.05, 4.69) is 10.5 Å². The Kier molecular flexibility index (Phi) is 5.21. The highest BCUT2D eigenvalue weighted by atomic mass is 19.1. The fourth-order valence-electron chi connectivity index (χ4n) is 1.56. The Balaban J connectivity index is 1.80. The van der Waals surface area contributed by atoms with Crippen molar-refractivity contribution in [3.8, 4) is 11.8 Å². The van der Waals surface area contributed by atoms with Crippen molar-refractivity contribution < 1.29 is 13.9 Å². The number of halogens is 1. The van der Waals surface area contributed by atoms with Crippen LogP contribution >= 0.6 is 0 Å².